The van der Waals surface area contributed by atoms with Crippen LogP contribution in [0.15, 0.2) is 23.4 Å². The SMILES string of the molecule is O=S1NC(Cc2ccc3c(c2)CCC3)=NO1. The minimum absolute atomic E-state index is 0.635. The third-order valence-electron chi connectivity index (χ3n) is 2.95. The number of aryl methyl sites for hydroxylation is 2. The molecule has 1 atom stereocenters. The van der Waals surface area contributed by atoms with Gasteiger partial charge in [0.25, 0.3) is 0 Å². The second-order valence-corrected chi connectivity index (χ2v) is 4.91. The van der Waals surface area contributed by atoms with Gasteiger partial charge < -0.3 is 0 Å². The molecule has 0 radical (unpaired) electrons. The number of amidine groups is 1. The minimum atomic E-state index is -1.48. The summed E-state index contributed by atoms with van der Waals surface area (Å²) in [5, 5.41) is 3.71. The Hall–Kier alpha value is -1.36. The molecule has 5 heteroatoms. The van der Waals surface area contributed by atoms with Crippen LogP contribution in [0.4, 0.5) is 0 Å². The molecule has 1 aromatic carbocycles. The first-order valence-corrected chi connectivity index (χ1v) is 6.42. The molecule has 3 rings (SSSR count). The molecule has 16 heavy (non-hydrogen) atoms. The van der Waals surface area contributed by atoms with Crippen LogP contribution in [-0.2, 0) is 34.8 Å². The van der Waals surface area contributed by atoms with E-state index in [9.17, 15) is 4.21 Å². The number of nitrogens with one attached hydrogen (secondary N) is 1. The van der Waals surface area contributed by atoms with Crippen molar-refractivity contribution in [3.63, 3.8) is 0 Å². The van der Waals surface area contributed by atoms with Gasteiger partial charge in [0.1, 0.15) is 0 Å². The molecular weight excluding hydrogens is 224 g/mol. The second kappa shape index (κ2) is 3.90. The summed E-state index contributed by atoms with van der Waals surface area (Å²) in [5.41, 5.74) is 4.09. The number of hydrogen-bond acceptors (Lipinski definition) is 3. The van der Waals surface area contributed by atoms with Gasteiger partial charge in [0, 0.05) is 6.42 Å². The maximum Gasteiger partial charge on any atom is 0.338 e. The van der Waals surface area contributed by atoms with Crippen molar-refractivity contribution >= 4 is 17.1 Å². The number of nitrogens with zero attached hydrogens (tertiary/aromatic N) is 1. The van der Waals surface area contributed by atoms with E-state index < -0.39 is 11.3 Å². The average molecular weight is 236 g/mol. The van der Waals surface area contributed by atoms with Crippen molar-refractivity contribution in [1.29, 1.82) is 0 Å². The van der Waals surface area contributed by atoms with Crippen molar-refractivity contribution < 1.29 is 8.49 Å². The van der Waals surface area contributed by atoms with Crippen molar-refractivity contribution in [1.82, 2.24) is 4.72 Å². The summed E-state index contributed by atoms with van der Waals surface area (Å²) in [6.07, 6.45) is 4.28. The number of oxime groups is 1. The predicted molar refractivity (Wildman–Crippen MR) is 62.0 cm³/mol. The topological polar surface area (TPSA) is 50.7 Å². The third-order valence-corrected chi connectivity index (χ3v) is 3.56. The summed E-state index contributed by atoms with van der Waals surface area (Å²) in [4.78, 5) is 0. The molecule has 84 valence electrons. The Morgan fingerprint density at radius 3 is 3.06 bits per heavy atom. The van der Waals surface area contributed by atoms with Crippen LogP contribution >= 0.6 is 0 Å². The fraction of sp³-hybridized carbons (Fsp3) is 0.364. The van der Waals surface area contributed by atoms with Crippen LogP contribution in [0, 0.1) is 0 Å². The smallest absolute Gasteiger partial charge is 0.269 e. The minimum Gasteiger partial charge on any atom is -0.269 e. The van der Waals surface area contributed by atoms with Crippen molar-refractivity contribution in [2.45, 2.75) is 25.7 Å². The molecule has 1 heterocycles. The highest BCUT2D eigenvalue weighted by atomic mass is 32.2. The first kappa shape index (κ1) is 9.84. The van der Waals surface area contributed by atoms with Crippen LogP contribution in [0.1, 0.15) is 23.1 Å². The van der Waals surface area contributed by atoms with E-state index in [2.05, 4.69) is 32.4 Å². The third kappa shape index (κ3) is 1.82. The first-order valence-electron chi connectivity index (χ1n) is 5.35. The maximum absolute atomic E-state index is 10.9. The molecule has 1 unspecified atom stereocenters. The highest BCUT2D eigenvalue weighted by Crippen LogP contribution is 2.23. The normalized spacial score (nSPS) is 22.2. The van der Waals surface area contributed by atoms with Gasteiger partial charge in [-0.05, 0) is 36.0 Å². The molecule has 1 N–H and O–H groups in total. The van der Waals surface area contributed by atoms with Crippen LogP contribution in [-0.4, -0.2) is 10.0 Å². The Kier molecular flexibility index (Phi) is 2.40. The van der Waals surface area contributed by atoms with Gasteiger partial charge in [-0.1, -0.05) is 23.4 Å². The zero-order chi connectivity index (χ0) is 11.0. The molecule has 1 aliphatic carbocycles. The molecule has 0 spiro atoms. The molecule has 0 aromatic heterocycles. The Morgan fingerprint density at radius 1 is 1.38 bits per heavy atom. The van der Waals surface area contributed by atoms with Gasteiger partial charge in [-0.15, -0.1) is 0 Å². The molecule has 4 nitrogen and oxygen atoms in total. The fourth-order valence-corrected chi connectivity index (χ4v) is 2.71. The quantitative estimate of drug-likeness (QED) is 0.839. The Morgan fingerprint density at radius 2 is 2.25 bits per heavy atom. The predicted octanol–water partition coefficient (Wildman–Crippen LogP) is 1.23. The summed E-state index contributed by atoms with van der Waals surface area (Å²) in [6, 6.07) is 6.51. The number of benzene rings is 1. The molecule has 2 aliphatic rings. The van der Waals surface area contributed by atoms with Crippen LogP contribution in [0.25, 0.3) is 0 Å². The van der Waals surface area contributed by atoms with E-state index in [1.165, 1.54) is 36.0 Å². The van der Waals surface area contributed by atoms with Gasteiger partial charge in [-0.3, -0.25) is 9.01 Å². The Balaban J connectivity index is 1.78. The van der Waals surface area contributed by atoms with Crippen LogP contribution < -0.4 is 4.72 Å². The van der Waals surface area contributed by atoms with Crippen molar-refractivity contribution in [3.8, 4) is 0 Å². The zero-order valence-electron chi connectivity index (χ0n) is 8.73. The lowest BCUT2D eigenvalue weighted by molar-refractivity contribution is 0.384. The standard InChI is InChI=1S/C11H12N2O2S/c14-16-13-11(12-15-16)7-8-4-5-9-2-1-3-10(9)6-8/h4-6H,1-3,7H2,(H,12,13). The number of fused-ring (bicyclic) bond motifs is 1. The van der Waals surface area contributed by atoms with Gasteiger partial charge in [-0.2, -0.15) is 4.21 Å². The second-order valence-electron chi connectivity index (χ2n) is 4.08. The Bertz CT molecular complexity index is 485. The number of hydrogen-bond donors (Lipinski definition) is 1. The van der Waals surface area contributed by atoms with Crippen LogP contribution in [0.2, 0.25) is 0 Å². The van der Waals surface area contributed by atoms with E-state index in [4.69, 9.17) is 0 Å². The van der Waals surface area contributed by atoms with Crippen molar-refractivity contribution in [2.75, 3.05) is 0 Å². The van der Waals surface area contributed by atoms with Gasteiger partial charge in [-0.25, -0.2) is 0 Å². The van der Waals surface area contributed by atoms with Crippen molar-refractivity contribution in [3.05, 3.63) is 34.9 Å². The van der Waals surface area contributed by atoms with E-state index >= 15 is 0 Å². The molecular formula is C11H12N2O2S. The van der Waals surface area contributed by atoms with Gasteiger partial charge >= 0.3 is 11.3 Å². The Labute approximate surface area is 96.5 Å². The zero-order valence-corrected chi connectivity index (χ0v) is 9.55. The lowest BCUT2D eigenvalue weighted by atomic mass is 10.0. The summed E-state index contributed by atoms with van der Waals surface area (Å²) >= 11 is -1.48. The molecule has 0 bridgehead atoms. The van der Waals surface area contributed by atoms with Crippen LogP contribution in [0.3, 0.4) is 0 Å². The van der Waals surface area contributed by atoms with Gasteiger partial charge in [0.15, 0.2) is 5.84 Å². The summed E-state index contributed by atoms with van der Waals surface area (Å²) in [7, 11) is 0. The van der Waals surface area contributed by atoms with Gasteiger partial charge in [0.05, 0.1) is 0 Å². The highest BCUT2D eigenvalue weighted by Gasteiger charge is 2.16. The molecule has 0 fully saturated rings. The van der Waals surface area contributed by atoms with Gasteiger partial charge in [0.2, 0.25) is 0 Å². The van der Waals surface area contributed by atoms with E-state index in [1.54, 1.807) is 0 Å². The first-order chi connectivity index (χ1) is 7.81. The lowest BCUT2D eigenvalue weighted by Gasteiger charge is -2.03. The molecule has 0 amide bonds. The summed E-state index contributed by atoms with van der Waals surface area (Å²) < 4.78 is 18.1. The molecule has 0 saturated heterocycles. The highest BCUT2D eigenvalue weighted by molar-refractivity contribution is 7.79. The van der Waals surface area contributed by atoms with Crippen LogP contribution in [0.5, 0.6) is 0 Å². The largest absolute Gasteiger partial charge is 0.338 e. The lowest BCUT2D eigenvalue weighted by Crippen LogP contribution is -2.21. The molecule has 1 aliphatic heterocycles. The van der Waals surface area contributed by atoms with E-state index in [0.29, 0.717) is 12.3 Å². The molecule has 0 saturated carbocycles. The maximum atomic E-state index is 10.9. The van der Waals surface area contributed by atoms with E-state index in [1.807, 2.05) is 0 Å². The van der Waals surface area contributed by atoms with Crippen molar-refractivity contribution in [2.24, 2.45) is 5.16 Å². The van der Waals surface area contributed by atoms with E-state index in [0.717, 1.165) is 0 Å². The number of rotatable bonds is 2. The van der Waals surface area contributed by atoms with E-state index in [-0.39, 0.29) is 0 Å². The average Bonchev–Trinajstić information content (AvgIpc) is 2.87. The fourth-order valence-electron chi connectivity index (χ4n) is 2.21. The monoisotopic (exact) mass is 236 g/mol. The summed E-state index contributed by atoms with van der Waals surface area (Å²) in [6.45, 7) is 0. The summed E-state index contributed by atoms with van der Waals surface area (Å²) in [5.74, 6) is 0.635. The molecule has 1 aromatic rings.